The van der Waals surface area contributed by atoms with Gasteiger partial charge in [0.25, 0.3) is 0 Å². The monoisotopic (exact) mass is 380 g/mol. The molecule has 0 atom stereocenters. The fourth-order valence-corrected chi connectivity index (χ4v) is 2.24. The van der Waals surface area contributed by atoms with Crippen LogP contribution in [0.4, 0.5) is 4.79 Å². The molecular formula is C19H28N2O6. The predicted octanol–water partition coefficient (Wildman–Crippen LogP) is 2.11. The Morgan fingerprint density at radius 1 is 0.889 bits per heavy atom. The SMILES string of the molecule is CC(=O)OCc1cc(C)cc(COC(C)=O)c1OC(=O)N(C)CCN(C)C. The molecule has 8 nitrogen and oxygen atoms in total. The number of hydrogen-bond donors (Lipinski definition) is 0. The maximum atomic E-state index is 12.5. The predicted molar refractivity (Wildman–Crippen MR) is 99.3 cm³/mol. The summed E-state index contributed by atoms with van der Waals surface area (Å²) in [7, 11) is 5.46. The van der Waals surface area contributed by atoms with Gasteiger partial charge in [-0.05, 0) is 33.2 Å². The van der Waals surface area contributed by atoms with Gasteiger partial charge in [0, 0.05) is 45.1 Å². The van der Waals surface area contributed by atoms with Crippen molar-refractivity contribution in [3.8, 4) is 5.75 Å². The number of hydrogen-bond acceptors (Lipinski definition) is 7. The zero-order valence-corrected chi connectivity index (χ0v) is 16.8. The topological polar surface area (TPSA) is 85.4 Å². The zero-order valence-electron chi connectivity index (χ0n) is 16.8. The number of carbonyl (C=O) groups excluding carboxylic acids is 3. The van der Waals surface area contributed by atoms with E-state index in [0.29, 0.717) is 24.2 Å². The number of rotatable bonds is 8. The lowest BCUT2D eigenvalue weighted by Crippen LogP contribution is -2.35. The van der Waals surface area contributed by atoms with E-state index >= 15 is 0 Å². The number of aryl methyl sites for hydroxylation is 1. The van der Waals surface area contributed by atoms with Crippen molar-refractivity contribution in [1.29, 1.82) is 0 Å². The van der Waals surface area contributed by atoms with E-state index in [9.17, 15) is 14.4 Å². The van der Waals surface area contributed by atoms with Crippen LogP contribution in [0.15, 0.2) is 12.1 Å². The molecule has 150 valence electrons. The summed E-state index contributed by atoms with van der Waals surface area (Å²) in [6, 6.07) is 3.53. The molecule has 0 bridgehead atoms. The van der Waals surface area contributed by atoms with E-state index in [-0.39, 0.29) is 19.0 Å². The van der Waals surface area contributed by atoms with E-state index in [1.54, 1.807) is 19.2 Å². The van der Waals surface area contributed by atoms with E-state index in [0.717, 1.165) is 5.56 Å². The number of esters is 2. The fourth-order valence-electron chi connectivity index (χ4n) is 2.24. The van der Waals surface area contributed by atoms with Crippen LogP contribution >= 0.6 is 0 Å². The lowest BCUT2D eigenvalue weighted by Gasteiger charge is -2.21. The van der Waals surface area contributed by atoms with Gasteiger partial charge in [-0.25, -0.2) is 4.79 Å². The summed E-state index contributed by atoms with van der Waals surface area (Å²) >= 11 is 0. The van der Waals surface area contributed by atoms with Gasteiger partial charge in [0.2, 0.25) is 0 Å². The first-order valence-corrected chi connectivity index (χ1v) is 8.57. The average Bonchev–Trinajstić information content (AvgIpc) is 2.57. The normalized spacial score (nSPS) is 10.5. The van der Waals surface area contributed by atoms with Crippen molar-refractivity contribution < 1.29 is 28.6 Å². The summed E-state index contributed by atoms with van der Waals surface area (Å²) in [6.45, 7) is 5.52. The van der Waals surface area contributed by atoms with Crippen molar-refractivity contribution in [2.75, 3.05) is 34.2 Å². The van der Waals surface area contributed by atoms with Crippen LogP contribution < -0.4 is 4.74 Å². The van der Waals surface area contributed by atoms with Gasteiger partial charge in [-0.1, -0.05) is 5.56 Å². The molecule has 0 saturated carbocycles. The van der Waals surface area contributed by atoms with Crippen LogP contribution in [0.1, 0.15) is 30.5 Å². The van der Waals surface area contributed by atoms with Crippen LogP contribution in [0.5, 0.6) is 5.75 Å². The molecule has 0 unspecified atom stereocenters. The Hall–Kier alpha value is -2.61. The molecule has 0 spiro atoms. The minimum absolute atomic E-state index is 0.0475. The molecule has 0 aromatic heterocycles. The maximum Gasteiger partial charge on any atom is 0.415 e. The summed E-state index contributed by atoms with van der Waals surface area (Å²) in [5, 5.41) is 0. The molecular weight excluding hydrogens is 352 g/mol. The second kappa shape index (κ2) is 10.5. The van der Waals surface area contributed by atoms with Crippen molar-refractivity contribution in [3.05, 3.63) is 28.8 Å². The fraction of sp³-hybridized carbons (Fsp3) is 0.526. The molecule has 0 heterocycles. The highest BCUT2D eigenvalue weighted by Gasteiger charge is 2.19. The molecule has 0 radical (unpaired) electrons. The molecule has 1 aromatic carbocycles. The van der Waals surface area contributed by atoms with Crippen molar-refractivity contribution in [2.24, 2.45) is 0 Å². The summed E-state index contributed by atoms with van der Waals surface area (Å²) in [5.41, 5.74) is 1.92. The van der Waals surface area contributed by atoms with E-state index in [1.165, 1.54) is 18.7 Å². The zero-order chi connectivity index (χ0) is 20.6. The highest BCUT2D eigenvalue weighted by molar-refractivity contribution is 5.72. The van der Waals surface area contributed by atoms with Gasteiger partial charge in [-0.2, -0.15) is 0 Å². The number of nitrogens with zero attached hydrogens (tertiary/aromatic N) is 2. The van der Waals surface area contributed by atoms with Crippen molar-refractivity contribution in [2.45, 2.75) is 34.0 Å². The first-order valence-electron chi connectivity index (χ1n) is 8.57. The molecule has 27 heavy (non-hydrogen) atoms. The third-order valence-electron chi connectivity index (χ3n) is 3.63. The van der Waals surface area contributed by atoms with E-state index in [1.807, 2.05) is 25.9 Å². The highest BCUT2D eigenvalue weighted by Crippen LogP contribution is 2.28. The average molecular weight is 380 g/mol. The Balaban J connectivity index is 3.11. The smallest absolute Gasteiger partial charge is 0.415 e. The summed E-state index contributed by atoms with van der Waals surface area (Å²) in [6.07, 6.45) is -0.547. The van der Waals surface area contributed by atoms with Gasteiger partial charge < -0.3 is 24.0 Å². The third kappa shape index (κ3) is 8.08. The van der Waals surface area contributed by atoms with Crippen LogP contribution in [0.25, 0.3) is 0 Å². The van der Waals surface area contributed by atoms with E-state index in [4.69, 9.17) is 14.2 Å². The van der Waals surface area contributed by atoms with Gasteiger partial charge in [-0.15, -0.1) is 0 Å². The molecule has 0 aliphatic carbocycles. The van der Waals surface area contributed by atoms with Gasteiger partial charge in [0.15, 0.2) is 0 Å². The van der Waals surface area contributed by atoms with Crippen LogP contribution in [0.3, 0.4) is 0 Å². The lowest BCUT2D eigenvalue weighted by molar-refractivity contribution is -0.142. The summed E-state index contributed by atoms with van der Waals surface area (Å²) < 4.78 is 15.7. The second-order valence-electron chi connectivity index (χ2n) is 6.57. The van der Waals surface area contributed by atoms with Gasteiger partial charge in [0.1, 0.15) is 19.0 Å². The minimum atomic E-state index is -0.547. The second-order valence-corrected chi connectivity index (χ2v) is 6.57. The quantitative estimate of drug-likeness (QED) is 0.639. The Morgan fingerprint density at radius 3 is 1.78 bits per heavy atom. The summed E-state index contributed by atoms with van der Waals surface area (Å²) in [4.78, 5) is 38.2. The Morgan fingerprint density at radius 2 is 1.37 bits per heavy atom. The Bertz CT molecular complexity index is 648. The van der Waals surface area contributed by atoms with Gasteiger partial charge in [-0.3, -0.25) is 9.59 Å². The maximum absolute atomic E-state index is 12.5. The first kappa shape index (κ1) is 22.4. The first-order chi connectivity index (χ1) is 12.6. The van der Waals surface area contributed by atoms with Crippen LogP contribution in [-0.2, 0) is 32.3 Å². The largest absolute Gasteiger partial charge is 0.461 e. The summed E-state index contributed by atoms with van der Waals surface area (Å²) in [5.74, 6) is -0.651. The van der Waals surface area contributed by atoms with Crippen molar-refractivity contribution >= 4 is 18.0 Å². The molecule has 0 aliphatic heterocycles. The molecule has 1 rings (SSSR count). The molecule has 0 N–H and O–H groups in total. The molecule has 0 aliphatic rings. The molecule has 1 amide bonds. The molecule has 0 fully saturated rings. The number of likely N-dealkylation sites (N-methyl/N-ethyl adjacent to an activating group) is 2. The van der Waals surface area contributed by atoms with Gasteiger partial charge >= 0.3 is 18.0 Å². The highest BCUT2D eigenvalue weighted by atomic mass is 16.6. The number of ether oxygens (including phenoxy) is 3. The van der Waals surface area contributed by atoms with Gasteiger partial charge in [0.05, 0.1) is 0 Å². The standard InChI is InChI=1S/C19H28N2O6/c1-13-9-16(11-25-14(2)22)18(17(10-13)12-26-15(3)23)27-19(24)21(6)8-7-20(4)5/h9-10H,7-8,11-12H2,1-6H3. The van der Waals surface area contributed by atoms with Crippen molar-refractivity contribution in [3.63, 3.8) is 0 Å². The Labute approximate surface area is 160 Å². The van der Waals surface area contributed by atoms with Crippen LogP contribution in [-0.4, -0.2) is 62.1 Å². The van der Waals surface area contributed by atoms with Crippen LogP contribution in [0.2, 0.25) is 0 Å². The minimum Gasteiger partial charge on any atom is -0.461 e. The number of carbonyl (C=O) groups is 3. The lowest BCUT2D eigenvalue weighted by atomic mass is 10.1. The molecule has 0 saturated heterocycles. The third-order valence-corrected chi connectivity index (χ3v) is 3.63. The van der Waals surface area contributed by atoms with Crippen LogP contribution in [0, 0.1) is 6.92 Å². The molecule has 8 heteroatoms. The molecule has 1 aromatic rings. The van der Waals surface area contributed by atoms with E-state index in [2.05, 4.69) is 0 Å². The number of benzene rings is 1. The van der Waals surface area contributed by atoms with E-state index < -0.39 is 18.0 Å². The number of amides is 1. The van der Waals surface area contributed by atoms with Crippen molar-refractivity contribution in [1.82, 2.24) is 9.80 Å². The Kier molecular flexibility index (Phi) is 8.74.